The molecule has 4 nitrogen and oxygen atoms in total. The fraction of sp³-hybridized carbons (Fsp3) is 0.520. The summed E-state index contributed by atoms with van der Waals surface area (Å²) in [5, 5.41) is 3.03. The van der Waals surface area contributed by atoms with Gasteiger partial charge in [-0.1, -0.05) is 13.0 Å². The number of hydrogen-bond donors (Lipinski definition) is 1. The molecule has 29 heavy (non-hydrogen) atoms. The van der Waals surface area contributed by atoms with Crippen LogP contribution in [0, 0.1) is 12.8 Å². The Morgan fingerprint density at radius 2 is 2.17 bits per heavy atom. The number of anilines is 1. The number of epoxide rings is 1. The first-order valence-electron chi connectivity index (χ1n) is 11.1. The second-order valence-corrected chi connectivity index (χ2v) is 9.24. The Kier molecular flexibility index (Phi) is 4.50. The Morgan fingerprint density at radius 3 is 2.93 bits per heavy atom. The van der Waals surface area contributed by atoms with Crippen LogP contribution in [0.5, 0.6) is 0 Å². The number of fused-ring (bicyclic) bond motifs is 3. The zero-order valence-electron chi connectivity index (χ0n) is 17.5. The van der Waals surface area contributed by atoms with Gasteiger partial charge in [0.2, 0.25) is 0 Å². The van der Waals surface area contributed by atoms with Gasteiger partial charge in [-0.2, -0.15) is 0 Å². The van der Waals surface area contributed by atoms with Gasteiger partial charge in [0.25, 0.3) is 5.91 Å². The van der Waals surface area contributed by atoms with E-state index < -0.39 is 0 Å². The highest BCUT2D eigenvalue weighted by molar-refractivity contribution is 6.04. The van der Waals surface area contributed by atoms with E-state index in [4.69, 9.17) is 4.74 Å². The van der Waals surface area contributed by atoms with Gasteiger partial charge in [0, 0.05) is 11.8 Å². The smallest absolute Gasteiger partial charge is 0.255 e. The number of pyridine rings is 1. The van der Waals surface area contributed by atoms with Gasteiger partial charge in [-0.3, -0.25) is 9.78 Å². The SMILES string of the molecule is CC[C@@]12CC[C@]3(CO3)CC1CCCc1cc(C(=O)Nc3cccnc3C)ccc12. The standard InChI is InChI=1S/C25H30N2O2/c1-3-25-12-11-24(16-29-24)15-20(25)7-4-6-18-14-19(9-10-21(18)25)23(28)27-22-8-5-13-26-17(22)2/h5,8-10,13-14,20H,3-4,6-7,11-12,15-16H2,1-2H3,(H,27,28)/t20?,24-,25-/m1/s1. The third kappa shape index (κ3) is 3.18. The van der Waals surface area contributed by atoms with Crippen LogP contribution in [0.4, 0.5) is 5.69 Å². The third-order valence-corrected chi connectivity index (χ3v) is 7.77. The molecule has 1 spiro atoms. The van der Waals surface area contributed by atoms with Crippen LogP contribution in [0.1, 0.15) is 72.6 Å². The van der Waals surface area contributed by atoms with E-state index in [1.54, 1.807) is 6.20 Å². The largest absolute Gasteiger partial charge is 0.370 e. The first-order chi connectivity index (χ1) is 14.1. The van der Waals surface area contributed by atoms with Crippen molar-refractivity contribution in [3.63, 3.8) is 0 Å². The van der Waals surface area contributed by atoms with Gasteiger partial charge in [0.05, 0.1) is 23.6 Å². The van der Waals surface area contributed by atoms with Crippen LogP contribution in [0.15, 0.2) is 36.5 Å². The molecule has 2 heterocycles. The zero-order chi connectivity index (χ0) is 20.1. The van der Waals surface area contributed by atoms with Crippen molar-refractivity contribution in [1.82, 2.24) is 4.98 Å². The number of nitrogens with zero attached hydrogens (tertiary/aromatic N) is 1. The number of aromatic nitrogens is 1. The van der Waals surface area contributed by atoms with E-state index >= 15 is 0 Å². The number of carbonyl (C=O) groups excluding carboxylic acids is 1. The quantitative estimate of drug-likeness (QED) is 0.733. The van der Waals surface area contributed by atoms with Crippen LogP contribution in [0.2, 0.25) is 0 Å². The molecular formula is C25H30N2O2. The molecule has 1 aromatic carbocycles. The van der Waals surface area contributed by atoms with Gasteiger partial charge in [-0.05, 0) is 98.6 Å². The highest BCUT2D eigenvalue weighted by Gasteiger charge is 2.56. The van der Waals surface area contributed by atoms with E-state index in [9.17, 15) is 4.79 Å². The van der Waals surface area contributed by atoms with Crippen molar-refractivity contribution < 1.29 is 9.53 Å². The maximum absolute atomic E-state index is 12.9. The molecule has 2 aromatic rings. The minimum absolute atomic E-state index is 0.0516. The average molecular weight is 391 g/mol. The van der Waals surface area contributed by atoms with Crippen LogP contribution in [-0.4, -0.2) is 23.1 Å². The van der Waals surface area contributed by atoms with E-state index in [0.717, 1.165) is 30.0 Å². The Bertz CT molecular complexity index is 950. The van der Waals surface area contributed by atoms with Crippen LogP contribution in [0.25, 0.3) is 0 Å². The lowest BCUT2D eigenvalue weighted by atomic mass is 9.58. The van der Waals surface area contributed by atoms with Crippen molar-refractivity contribution in [1.29, 1.82) is 0 Å². The van der Waals surface area contributed by atoms with Crippen LogP contribution in [-0.2, 0) is 16.6 Å². The fourth-order valence-corrected chi connectivity index (χ4v) is 5.93. The van der Waals surface area contributed by atoms with E-state index in [2.05, 4.69) is 29.4 Å². The van der Waals surface area contributed by atoms with Gasteiger partial charge in [0.15, 0.2) is 0 Å². The molecule has 3 atom stereocenters. The maximum Gasteiger partial charge on any atom is 0.255 e. The topological polar surface area (TPSA) is 54.5 Å². The van der Waals surface area contributed by atoms with Gasteiger partial charge in [0.1, 0.15) is 0 Å². The average Bonchev–Trinajstić information content (AvgIpc) is 3.51. The molecule has 1 aromatic heterocycles. The normalized spacial score (nSPS) is 30.2. The molecule has 1 saturated carbocycles. The Labute approximate surface area is 173 Å². The zero-order valence-corrected chi connectivity index (χ0v) is 17.5. The molecule has 2 aliphatic carbocycles. The minimum Gasteiger partial charge on any atom is -0.370 e. The molecule has 1 aliphatic heterocycles. The number of benzene rings is 1. The predicted octanol–water partition coefficient (Wildman–Crippen LogP) is 5.20. The molecule has 152 valence electrons. The van der Waals surface area contributed by atoms with Gasteiger partial charge in [-0.25, -0.2) is 0 Å². The number of nitrogens with one attached hydrogen (secondary N) is 1. The van der Waals surface area contributed by atoms with Gasteiger partial charge < -0.3 is 10.1 Å². The van der Waals surface area contributed by atoms with Crippen molar-refractivity contribution in [3.05, 3.63) is 58.9 Å². The van der Waals surface area contributed by atoms with Gasteiger partial charge in [-0.15, -0.1) is 0 Å². The summed E-state index contributed by atoms with van der Waals surface area (Å²) in [6.45, 7) is 5.22. The molecule has 1 N–H and O–H groups in total. The second-order valence-electron chi connectivity index (χ2n) is 9.24. The summed E-state index contributed by atoms with van der Waals surface area (Å²) in [6.07, 6.45) is 10.0. The van der Waals surface area contributed by atoms with E-state index in [1.165, 1.54) is 49.7 Å². The predicted molar refractivity (Wildman–Crippen MR) is 114 cm³/mol. The van der Waals surface area contributed by atoms with Crippen LogP contribution < -0.4 is 5.32 Å². The molecule has 1 amide bonds. The Hall–Kier alpha value is -2.20. The highest BCUT2D eigenvalue weighted by Crippen LogP contribution is 2.57. The monoisotopic (exact) mass is 390 g/mol. The molecule has 4 heteroatoms. The number of amides is 1. The molecule has 0 radical (unpaired) electrons. The van der Waals surface area contributed by atoms with Crippen LogP contribution >= 0.6 is 0 Å². The summed E-state index contributed by atoms with van der Waals surface area (Å²) in [5.74, 6) is 0.645. The molecule has 2 fully saturated rings. The number of ether oxygens (including phenoxy) is 1. The summed E-state index contributed by atoms with van der Waals surface area (Å²) in [6, 6.07) is 10.2. The maximum atomic E-state index is 12.9. The molecule has 5 rings (SSSR count). The van der Waals surface area contributed by atoms with E-state index in [-0.39, 0.29) is 16.9 Å². The molecule has 0 bridgehead atoms. The first kappa shape index (κ1) is 18.8. The fourth-order valence-electron chi connectivity index (χ4n) is 5.93. The summed E-state index contributed by atoms with van der Waals surface area (Å²) in [4.78, 5) is 17.2. The lowest BCUT2D eigenvalue weighted by Gasteiger charge is -2.46. The summed E-state index contributed by atoms with van der Waals surface area (Å²) >= 11 is 0. The summed E-state index contributed by atoms with van der Waals surface area (Å²) < 4.78 is 5.86. The number of hydrogen-bond acceptors (Lipinski definition) is 3. The van der Waals surface area contributed by atoms with Gasteiger partial charge >= 0.3 is 0 Å². The second kappa shape index (κ2) is 6.94. The summed E-state index contributed by atoms with van der Waals surface area (Å²) in [5.41, 5.74) is 5.67. The summed E-state index contributed by atoms with van der Waals surface area (Å²) in [7, 11) is 0. The molecule has 1 saturated heterocycles. The molecule has 1 unspecified atom stereocenters. The lowest BCUT2D eigenvalue weighted by molar-refractivity contribution is 0.0969. The lowest BCUT2D eigenvalue weighted by Crippen LogP contribution is -2.43. The van der Waals surface area contributed by atoms with Crippen molar-refractivity contribution >= 4 is 11.6 Å². The number of aryl methyl sites for hydroxylation is 2. The Balaban J connectivity index is 1.46. The van der Waals surface area contributed by atoms with E-state index in [1.807, 2.05) is 25.1 Å². The molecule has 3 aliphatic rings. The van der Waals surface area contributed by atoms with Crippen molar-refractivity contribution in [2.24, 2.45) is 5.92 Å². The third-order valence-electron chi connectivity index (χ3n) is 7.77. The minimum atomic E-state index is -0.0516. The van der Waals surface area contributed by atoms with Crippen molar-refractivity contribution in [3.8, 4) is 0 Å². The number of rotatable bonds is 3. The number of carbonyl (C=O) groups is 1. The first-order valence-corrected chi connectivity index (χ1v) is 11.1. The highest BCUT2D eigenvalue weighted by atomic mass is 16.6. The Morgan fingerprint density at radius 1 is 1.31 bits per heavy atom. The van der Waals surface area contributed by atoms with E-state index in [0.29, 0.717) is 5.92 Å². The van der Waals surface area contributed by atoms with Crippen LogP contribution in [0.3, 0.4) is 0 Å². The van der Waals surface area contributed by atoms with Crippen molar-refractivity contribution in [2.45, 2.75) is 69.8 Å². The molecular weight excluding hydrogens is 360 g/mol. The van der Waals surface area contributed by atoms with Crippen molar-refractivity contribution in [2.75, 3.05) is 11.9 Å².